The Morgan fingerprint density at radius 2 is 1.67 bits per heavy atom. The summed E-state index contributed by atoms with van der Waals surface area (Å²) in [5.74, 6) is 0.854. The van der Waals surface area contributed by atoms with Gasteiger partial charge in [-0.3, -0.25) is 4.79 Å². The second kappa shape index (κ2) is 7.85. The number of benzene rings is 3. The molecular weight excluding hydrogens is 358 g/mol. The van der Waals surface area contributed by atoms with Crippen LogP contribution >= 0.6 is 11.6 Å². The lowest BCUT2D eigenvalue weighted by atomic mass is 9.97. The first-order chi connectivity index (χ1) is 13.2. The van der Waals surface area contributed by atoms with E-state index in [1.807, 2.05) is 65.6 Å². The van der Waals surface area contributed by atoms with E-state index in [1.54, 1.807) is 0 Å². The largest absolute Gasteiger partial charge is 0.489 e. The van der Waals surface area contributed by atoms with Crippen molar-refractivity contribution in [3.8, 4) is 5.75 Å². The van der Waals surface area contributed by atoms with Gasteiger partial charge in [0.25, 0.3) is 5.91 Å². The Hall–Kier alpha value is -2.78. The van der Waals surface area contributed by atoms with Crippen molar-refractivity contribution in [2.24, 2.45) is 0 Å². The minimum Gasteiger partial charge on any atom is -0.489 e. The van der Waals surface area contributed by atoms with Gasteiger partial charge in [-0.2, -0.15) is 0 Å². The molecule has 27 heavy (non-hydrogen) atoms. The first-order valence-electron chi connectivity index (χ1n) is 9.03. The zero-order valence-electron chi connectivity index (χ0n) is 14.9. The molecule has 0 spiro atoms. The maximum Gasteiger partial charge on any atom is 0.254 e. The number of ether oxygens (including phenoxy) is 1. The topological polar surface area (TPSA) is 29.5 Å². The van der Waals surface area contributed by atoms with E-state index in [4.69, 9.17) is 16.3 Å². The molecule has 4 rings (SSSR count). The van der Waals surface area contributed by atoms with Crippen molar-refractivity contribution in [1.29, 1.82) is 0 Å². The lowest BCUT2D eigenvalue weighted by Gasteiger charge is -2.29. The number of hydrogen-bond donors (Lipinski definition) is 0. The molecule has 0 saturated heterocycles. The first-order valence-corrected chi connectivity index (χ1v) is 9.41. The number of halogens is 1. The van der Waals surface area contributed by atoms with Gasteiger partial charge < -0.3 is 9.64 Å². The van der Waals surface area contributed by atoms with Crippen molar-refractivity contribution in [2.45, 2.75) is 19.6 Å². The molecule has 0 atom stereocenters. The summed E-state index contributed by atoms with van der Waals surface area (Å²) in [6.45, 7) is 1.78. The molecule has 3 aromatic rings. The Bertz CT molecular complexity index is 938. The average Bonchev–Trinajstić information content (AvgIpc) is 2.70. The maximum atomic E-state index is 12.9. The third-order valence-electron chi connectivity index (χ3n) is 4.81. The molecule has 4 heteroatoms. The standard InChI is InChI=1S/C23H20ClNO2/c24-19-11-9-18(10-12-19)16-27-22-8-4-7-21-20(22)13-14-25(23(21)26)15-17-5-2-1-3-6-17/h1-12H,13-16H2. The highest BCUT2D eigenvalue weighted by Crippen LogP contribution is 2.29. The fourth-order valence-electron chi connectivity index (χ4n) is 3.37. The van der Waals surface area contributed by atoms with Crippen molar-refractivity contribution in [3.63, 3.8) is 0 Å². The molecule has 0 N–H and O–H groups in total. The second-order valence-corrected chi connectivity index (χ2v) is 7.10. The molecule has 1 heterocycles. The Morgan fingerprint density at radius 3 is 2.44 bits per heavy atom. The minimum absolute atomic E-state index is 0.0667. The summed E-state index contributed by atoms with van der Waals surface area (Å²) in [6.07, 6.45) is 0.796. The van der Waals surface area contributed by atoms with Gasteiger partial charge in [-0.05, 0) is 41.8 Å². The van der Waals surface area contributed by atoms with E-state index in [9.17, 15) is 4.79 Å². The number of nitrogens with zero attached hydrogens (tertiary/aromatic N) is 1. The normalized spacial score (nSPS) is 13.4. The van der Waals surface area contributed by atoms with E-state index in [1.165, 1.54) is 0 Å². The van der Waals surface area contributed by atoms with Crippen molar-refractivity contribution >= 4 is 17.5 Å². The minimum atomic E-state index is 0.0667. The molecule has 136 valence electrons. The number of fused-ring (bicyclic) bond motifs is 1. The predicted molar refractivity (Wildman–Crippen MR) is 107 cm³/mol. The smallest absolute Gasteiger partial charge is 0.254 e. The highest BCUT2D eigenvalue weighted by molar-refractivity contribution is 6.30. The van der Waals surface area contributed by atoms with Crippen LogP contribution in [0.1, 0.15) is 27.0 Å². The van der Waals surface area contributed by atoms with Gasteiger partial charge in [0, 0.05) is 29.2 Å². The van der Waals surface area contributed by atoms with E-state index < -0.39 is 0 Å². The fourth-order valence-corrected chi connectivity index (χ4v) is 3.50. The van der Waals surface area contributed by atoms with Crippen LogP contribution in [0.4, 0.5) is 0 Å². The molecule has 1 aliphatic heterocycles. The molecule has 1 aliphatic rings. The molecule has 0 bridgehead atoms. The van der Waals surface area contributed by atoms with Gasteiger partial charge in [0.05, 0.1) is 0 Å². The Kier molecular flexibility index (Phi) is 5.12. The highest BCUT2D eigenvalue weighted by atomic mass is 35.5. The fraction of sp³-hybridized carbons (Fsp3) is 0.174. The predicted octanol–water partition coefficient (Wildman–Crippen LogP) is 5.12. The maximum absolute atomic E-state index is 12.9. The molecule has 0 unspecified atom stereocenters. The van der Waals surface area contributed by atoms with Gasteiger partial charge >= 0.3 is 0 Å². The number of rotatable bonds is 5. The third-order valence-corrected chi connectivity index (χ3v) is 5.06. The van der Waals surface area contributed by atoms with Crippen LogP contribution in [0.15, 0.2) is 72.8 Å². The van der Waals surface area contributed by atoms with Crippen LogP contribution in [0.2, 0.25) is 5.02 Å². The Balaban J connectivity index is 1.50. The van der Waals surface area contributed by atoms with Crippen LogP contribution in [0.5, 0.6) is 5.75 Å². The van der Waals surface area contributed by atoms with Crippen LogP contribution in [-0.4, -0.2) is 17.4 Å². The summed E-state index contributed by atoms with van der Waals surface area (Å²) in [4.78, 5) is 14.8. The van der Waals surface area contributed by atoms with E-state index in [0.717, 1.165) is 34.4 Å². The molecular formula is C23H20ClNO2. The number of carbonyl (C=O) groups excluding carboxylic acids is 1. The number of hydrogen-bond acceptors (Lipinski definition) is 2. The van der Waals surface area contributed by atoms with Gasteiger partial charge in [-0.1, -0.05) is 60.1 Å². The molecule has 0 aromatic heterocycles. The molecule has 0 saturated carbocycles. The van der Waals surface area contributed by atoms with Crippen LogP contribution in [0, 0.1) is 0 Å². The lowest BCUT2D eigenvalue weighted by molar-refractivity contribution is 0.0725. The van der Waals surface area contributed by atoms with E-state index in [0.29, 0.717) is 24.7 Å². The van der Waals surface area contributed by atoms with E-state index in [-0.39, 0.29) is 5.91 Å². The van der Waals surface area contributed by atoms with Crippen LogP contribution in [0.25, 0.3) is 0 Å². The zero-order valence-corrected chi connectivity index (χ0v) is 15.7. The Labute approximate surface area is 164 Å². The van der Waals surface area contributed by atoms with Gasteiger partial charge in [-0.25, -0.2) is 0 Å². The van der Waals surface area contributed by atoms with Gasteiger partial charge in [0.1, 0.15) is 12.4 Å². The lowest BCUT2D eigenvalue weighted by Crippen LogP contribution is -2.37. The quantitative estimate of drug-likeness (QED) is 0.617. The zero-order chi connectivity index (χ0) is 18.6. The van der Waals surface area contributed by atoms with Crippen molar-refractivity contribution < 1.29 is 9.53 Å². The summed E-state index contributed by atoms with van der Waals surface area (Å²) in [6, 6.07) is 23.4. The molecule has 3 aromatic carbocycles. The van der Waals surface area contributed by atoms with Crippen LogP contribution in [0.3, 0.4) is 0 Å². The molecule has 1 amide bonds. The summed E-state index contributed by atoms with van der Waals surface area (Å²) in [7, 11) is 0. The molecule has 0 radical (unpaired) electrons. The van der Waals surface area contributed by atoms with Gasteiger partial charge in [-0.15, -0.1) is 0 Å². The highest BCUT2D eigenvalue weighted by Gasteiger charge is 2.26. The van der Waals surface area contributed by atoms with Gasteiger partial charge in [0.2, 0.25) is 0 Å². The summed E-state index contributed by atoms with van der Waals surface area (Å²) >= 11 is 5.93. The molecule has 3 nitrogen and oxygen atoms in total. The SMILES string of the molecule is O=C1c2cccc(OCc3ccc(Cl)cc3)c2CCN1Cc1ccccc1. The summed E-state index contributed by atoms with van der Waals surface area (Å²) in [5, 5.41) is 0.708. The van der Waals surface area contributed by atoms with Crippen LogP contribution < -0.4 is 4.74 Å². The monoisotopic (exact) mass is 377 g/mol. The van der Waals surface area contributed by atoms with Crippen molar-refractivity contribution in [3.05, 3.63) is 100 Å². The molecule has 0 fully saturated rings. The molecule has 0 aliphatic carbocycles. The summed E-state index contributed by atoms with van der Waals surface area (Å²) in [5.41, 5.74) is 3.93. The van der Waals surface area contributed by atoms with Crippen molar-refractivity contribution in [1.82, 2.24) is 4.90 Å². The number of carbonyl (C=O) groups is 1. The summed E-state index contributed by atoms with van der Waals surface area (Å²) < 4.78 is 6.02. The van der Waals surface area contributed by atoms with E-state index >= 15 is 0 Å². The third kappa shape index (κ3) is 3.99. The average molecular weight is 378 g/mol. The van der Waals surface area contributed by atoms with Crippen molar-refractivity contribution in [2.75, 3.05) is 6.54 Å². The van der Waals surface area contributed by atoms with Gasteiger partial charge in [0.15, 0.2) is 0 Å². The van der Waals surface area contributed by atoms with Crippen LogP contribution in [-0.2, 0) is 19.6 Å². The number of amides is 1. The van der Waals surface area contributed by atoms with E-state index in [2.05, 4.69) is 12.1 Å². The first kappa shape index (κ1) is 17.6. The Morgan fingerprint density at radius 1 is 0.889 bits per heavy atom. The second-order valence-electron chi connectivity index (χ2n) is 6.66.